The van der Waals surface area contributed by atoms with Crippen LogP contribution in [-0.2, 0) is 12.8 Å². The molecular formula is C16H18Cl2N2S. The first kappa shape index (κ1) is 15.1. The molecule has 1 atom stereocenters. The van der Waals surface area contributed by atoms with Gasteiger partial charge in [-0.05, 0) is 62.8 Å². The number of hydrogen-bond donors (Lipinski definition) is 1. The molecule has 5 heteroatoms. The standard InChI is InChI=1S/C16H18Cl2N2S/c1-9-7-14(17)20-16(18)15(9)19-10(2)13-8-11-5-3-4-6-12(11)21-13/h7-8,10,19H,3-6H2,1-2H3. The number of fused-ring (bicyclic) bond motifs is 1. The topological polar surface area (TPSA) is 24.9 Å². The van der Waals surface area contributed by atoms with Gasteiger partial charge in [-0.15, -0.1) is 11.3 Å². The molecule has 1 unspecified atom stereocenters. The van der Waals surface area contributed by atoms with Crippen LogP contribution in [0.5, 0.6) is 0 Å². The van der Waals surface area contributed by atoms with Crippen LogP contribution in [0, 0.1) is 6.92 Å². The van der Waals surface area contributed by atoms with Crippen molar-refractivity contribution in [2.24, 2.45) is 0 Å². The van der Waals surface area contributed by atoms with Gasteiger partial charge in [-0.1, -0.05) is 23.2 Å². The SMILES string of the molecule is Cc1cc(Cl)nc(Cl)c1NC(C)c1cc2c(s1)CCCC2. The summed E-state index contributed by atoms with van der Waals surface area (Å²) in [6.07, 6.45) is 5.09. The zero-order valence-electron chi connectivity index (χ0n) is 12.2. The van der Waals surface area contributed by atoms with Crippen molar-refractivity contribution in [2.75, 3.05) is 5.32 Å². The van der Waals surface area contributed by atoms with Crippen LogP contribution >= 0.6 is 34.5 Å². The molecule has 0 spiro atoms. The van der Waals surface area contributed by atoms with Crippen molar-refractivity contribution in [3.63, 3.8) is 0 Å². The molecule has 0 fully saturated rings. The smallest absolute Gasteiger partial charge is 0.154 e. The second-order valence-electron chi connectivity index (χ2n) is 5.60. The summed E-state index contributed by atoms with van der Waals surface area (Å²) in [7, 11) is 0. The fraction of sp³-hybridized carbons (Fsp3) is 0.438. The highest BCUT2D eigenvalue weighted by Crippen LogP contribution is 2.36. The van der Waals surface area contributed by atoms with Gasteiger partial charge in [0.2, 0.25) is 0 Å². The molecule has 2 nitrogen and oxygen atoms in total. The lowest BCUT2D eigenvalue weighted by molar-refractivity contribution is 0.696. The summed E-state index contributed by atoms with van der Waals surface area (Å²) in [6.45, 7) is 4.16. The van der Waals surface area contributed by atoms with Gasteiger partial charge in [0.1, 0.15) is 5.15 Å². The van der Waals surface area contributed by atoms with Crippen molar-refractivity contribution in [1.82, 2.24) is 4.98 Å². The lowest BCUT2D eigenvalue weighted by Crippen LogP contribution is -2.07. The van der Waals surface area contributed by atoms with E-state index in [1.165, 1.54) is 36.1 Å². The number of aromatic nitrogens is 1. The molecule has 0 aromatic carbocycles. The number of pyridine rings is 1. The van der Waals surface area contributed by atoms with E-state index in [-0.39, 0.29) is 6.04 Å². The van der Waals surface area contributed by atoms with Crippen LogP contribution in [0.1, 0.15) is 46.7 Å². The van der Waals surface area contributed by atoms with Gasteiger partial charge in [-0.2, -0.15) is 0 Å². The Labute approximate surface area is 139 Å². The normalized spacial score (nSPS) is 15.6. The predicted octanol–water partition coefficient (Wildman–Crippen LogP) is 5.81. The lowest BCUT2D eigenvalue weighted by Gasteiger charge is -2.17. The van der Waals surface area contributed by atoms with Gasteiger partial charge >= 0.3 is 0 Å². The van der Waals surface area contributed by atoms with E-state index in [1.807, 2.05) is 24.3 Å². The van der Waals surface area contributed by atoms with Crippen LogP contribution < -0.4 is 5.32 Å². The maximum atomic E-state index is 6.21. The number of nitrogens with one attached hydrogen (secondary N) is 1. The number of thiophene rings is 1. The van der Waals surface area contributed by atoms with Crippen molar-refractivity contribution in [3.05, 3.63) is 43.3 Å². The largest absolute Gasteiger partial charge is 0.375 e. The highest BCUT2D eigenvalue weighted by atomic mass is 35.5. The Morgan fingerprint density at radius 1 is 1.24 bits per heavy atom. The number of halogens is 2. The fourth-order valence-electron chi connectivity index (χ4n) is 2.78. The minimum absolute atomic E-state index is 0.222. The average molecular weight is 341 g/mol. The van der Waals surface area contributed by atoms with Crippen molar-refractivity contribution >= 4 is 40.2 Å². The fourth-order valence-corrected chi connectivity index (χ4v) is 4.63. The van der Waals surface area contributed by atoms with Gasteiger partial charge in [0, 0.05) is 9.75 Å². The molecule has 2 heterocycles. The van der Waals surface area contributed by atoms with Gasteiger partial charge in [0.05, 0.1) is 11.7 Å². The zero-order chi connectivity index (χ0) is 15.0. The Morgan fingerprint density at radius 2 is 2.00 bits per heavy atom. The van der Waals surface area contributed by atoms with Crippen molar-refractivity contribution < 1.29 is 0 Å². The summed E-state index contributed by atoms with van der Waals surface area (Å²) in [5.41, 5.74) is 3.43. The molecule has 1 aliphatic rings. The van der Waals surface area contributed by atoms with E-state index in [1.54, 1.807) is 4.88 Å². The van der Waals surface area contributed by atoms with Crippen molar-refractivity contribution in [3.8, 4) is 0 Å². The molecular weight excluding hydrogens is 323 g/mol. The van der Waals surface area contributed by atoms with Crippen molar-refractivity contribution in [1.29, 1.82) is 0 Å². The summed E-state index contributed by atoms with van der Waals surface area (Å²) in [6, 6.07) is 4.41. The van der Waals surface area contributed by atoms with E-state index in [2.05, 4.69) is 23.3 Å². The molecule has 112 valence electrons. The van der Waals surface area contributed by atoms with E-state index in [4.69, 9.17) is 23.2 Å². The summed E-state index contributed by atoms with van der Waals surface area (Å²) >= 11 is 14.1. The summed E-state index contributed by atoms with van der Waals surface area (Å²) in [5.74, 6) is 0. The molecule has 1 N–H and O–H groups in total. The summed E-state index contributed by atoms with van der Waals surface area (Å²) < 4.78 is 0. The number of hydrogen-bond acceptors (Lipinski definition) is 3. The van der Waals surface area contributed by atoms with Crippen molar-refractivity contribution in [2.45, 2.75) is 45.6 Å². The first-order chi connectivity index (χ1) is 10.0. The summed E-state index contributed by atoms with van der Waals surface area (Å²) in [5, 5.41) is 4.36. The molecule has 21 heavy (non-hydrogen) atoms. The summed E-state index contributed by atoms with van der Waals surface area (Å²) in [4.78, 5) is 7.04. The number of rotatable bonds is 3. The van der Waals surface area contributed by atoms with Crippen LogP contribution in [0.25, 0.3) is 0 Å². The molecule has 0 amide bonds. The zero-order valence-corrected chi connectivity index (χ0v) is 14.5. The molecule has 0 aliphatic heterocycles. The van der Waals surface area contributed by atoms with Crippen LogP contribution in [-0.4, -0.2) is 4.98 Å². The second kappa shape index (κ2) is 6.15. The highest BCUT2D eigenvalue weighted by Gasteiger charge is 2.18. The van der Waals surface area contributed by atoms with E-state index in [0.29, 0.717) is 10.3 Å². The molecule has 2 aromatic heterocycles. The van der Waals surface area contributed by atoms with E-state index in [9.17, 15) is 0 Å². The number of aryl methyl sites for hydroxylation is 3. The first-order valence-electron chi connectivity index (χ1n) is 7.25. The molecule has 0 saturated carbocycles. The van der Waals surface area contributed by atoms with Gasteiger partial charge in [0.25, 0.3) is 0 Å². The molecule has 0 radical (unpaired) electrons. The molecule has 2 aromatic rings. The Hall–Kier alpha value is -0.770. The van der Waals surface area contributed by atoms with Gasteiger partial charge in [0.15, 0.2) is 5.15 Å². The van der Waals surface area contributed by atoms with Gasteiger partial charge in [-0.25, -0.2) is 4.98 Å². The number of nitrogens with zero attached hydrogens (tertiary/aromatic N) is 1. The van der Waals surface area contributed by atoms with Crippen LogP contribution in [0.2, 0.25) is 10.3 Å². The molecule has 0 saturated heterocycles. The lowest BCUT2D eigenvalue weighted by atomic mass is 9.99. The molecule has 1 aliphatic carbocycles. The highest BCUT2D eigenvalue weighted by molar-refractivity contribution is 7.12. The number of anilines is 1. The maximum absolute atomic E-state index is 6.21. The predicted molar refractivity (Wildman–Crippen MR) is 92.0 cm³/mol. The van der Waals surface area contributed by atoms with Crippen LogP contribution in [0.15, 0.2) is 12.1 Å². The Balaban J connectivity index is 1.83. The van der Waals surface area contributed by atoms with Gasteiger partial charge < -0.3 is 5.32 Å². The monoisotopic (exact) mass is 340 g/mol. The van der Waals surface area contributed by atoms with E-state index in [0.717, 1.165) is 11.3 Å². The molecule has 3 rings (SSSR count). The van der Waals surface area contributed by atoms with Crippen LogP contribution in [0.3, 0.4) is 0 Å². The minimum atomic E-state index is 0.222. The van der Waals surface area contributed by atoms with Crippen LogP contribution in [0.4, 0.5) is 5.69 Å². The second-order valence-corrected chi connectivity index (χ2v) is 7.51. The Morgan fingerprint density at radius 3 is 2.71 bits per heavy atom. The third-order valence-electron chi connectivity index (χ3n) is 3.94. The maximum Gasteiger partial charge on any atom is 0.154 e. The molecule has 0 bridgehead atoms. The quantitative estimate of drug-likeness (QED) is 0.713. The third kappa shape index (κ3) is 3.20. The minimum Gasteiger partial charge on any atom is -0.375 e. The first-order valence-corrected chi connectivity index (χ1v) is 8.82. The van der Waals surface area contributed by atoms with Gasteiger partial charge in [-0.3, -0.25) is 0 Å². The van der Waals surface area contributed by atoms with E-state index < -0.39 is 0 Å². The Kier molecular flexibility index (Phi) is 4.43. The third-order valence-corrected chi connectivity index (χ3v) is 5.83. The Bertz CT molecular complexity index is 620. The average Bonchev–Trinajstić information content (AvgIpc) is 2.86. The van der Waals surface area contributed by atoms with E-state index >= 15 is 0 Å².